The summed E-state index contributed by atoms with van der Waals surface area (Å²) in [6.07, 6.45) is 1.04. The van der Waals surface area contributed by atoms with E-state index in [2.05, 4.69) is 20.8 Å². The van der Waals surface area contributed by atoms with Gasteiger partial charge in [0, 0.05) is 12.6 Å². The fourth-order valence-corrected chi connectivity index (χ4v) is 4.51. The van der Waals surface area contributed by atoms with Crippen molar-refractivity contribution in [3.05, 3.63) is 83.1 Å². The van der Waals surface area contributed by atoms with Crippen molar-refractivity contribution in [2.24, 2.45) is 5.92 Å². The van der Waals surface area contributed by atoms with Crippen LogP contribution in [0.2, 0.25) is 0 Å². The summed E-state index contributed by atoms with van der Waals surface area (Å²) >= 11 is 0. The molecule has 1 fully saturated rings. The first-order valence-electron chi connectivity index (χ1n) is 12.6. The molecule has 3 aromatic rings. The topological polar surface area (TPSA) is 117 Å². The molecule has 1 aliphatic rings. The zero-order chi connectivity index (χ0) is 26.4. The van der Waals surface area contributed by atoms with Crippen LogP contribution < -0.4 is 10.6 Å². The predicted molar refractivity (Wildman–Crippen MR) is 138 cm³/mol. The Bertz CT molecular complexity index is 1240. The van der Waals surface area contributed by atoms with Crippen molar-refractivity contribution < 1.29 is 18.8 Å². The number of carbonyl (C=O) groups excluding carboxylic acids is 3. The Morgan fingerprint density at radius 1 is 1.11 bits per heavy atom. The SMILES string of the molecule is Cc1cccc(Cc2nnc(C(=O)[C@@H](NC(=O)CN3C(=O)CNC[C@H]3Cc3ccccc3)C(C)C)o2)c1. The second-order valence-electron chi connectivity index (χ2n) is 9.82. The maximum Gasteiger partial charge on any atom is 0.286 e. The number of aromatic nitrogens is 2. The number of hydrogen-bond acceptors (Lipinski definition) is 7. The van der Waals surface area contributed by atoms with Gasteiger partial charge in [-0.1, -0.05) is 74.0 Å². The van der Waals surface area contributed by atoms with E-state index in [1.54, 1.807) is 4.90 Å². The van der Waals surface area contributed by atoms with E-state index in [0.717, 1.165) is 16.7 Å². The van der Waals surface area contributed by atoms with Crippen molar-refractivity contribution in [3.8, 4) is 0 Å². The van der Waals surface area contributed by atoms with E-state index in [0.29, 0.717) is 25.3 Å². The van der Waals surface area contributed by atoms with Crippen LogP contribution >= 0.6 is 0 Å². The molecule has 0 bridgehead atoms. The number of benzene rings is 2. The molecular formula is C28H33N5O4. The fraction of sp³-hybridized carbons (Fsp3) is 0.393. The highest BCUT2D eigenvalue weighted by Gasteiger charge is 2.33. The van der Waals surface area contributed by atoms with Crippen LogP contribution in [-0.4, -0.2) is 64.4 Å². The number of nitrogens with one attached hydrogen (secondary N) is 2. The molecule has 1 aromatic heterocycles. The van der Waals surface area contributed by atoms with Gasteiger partial charge in [0.25, 0.3) is 5.89 Å². The van der Waals surface area contributed by atoms with Crippen LogP contribution in [0.4, 0.5) is 0 Å². The van der Waals surface area contributed by atoms with Gasteiger partial charge in [-0.15, -0.1) is 10.2 Å². The van der Waals surface area contributed by atoms with Gasteiger partial charge < -0.3 is 20.0 Å². The monoisotopic (exact) mass is 503 g/mol. The first kappa shape index (κ1) is 26.2. The lowest BCUT2D eigenvalue weighted by Crippen LogP contribution is -2.59. The molecule has 0 spiro atoms. The normalized spacial score (nSPS) is 16.6. The lowest BCUT2D eigenvalue weighted by Gasteiger charge is -2.36. The molecule has 2 atom stereocenters. The van der Waals surface area contributed by atoms with Crippen LogP contribution in [0.25, 0.3) is 0 Å². The third-order valence-corrected chi connectivity index (χ3v) is 6.43. The molecule has 0 aliphatic carbocycles. The molecule has 9 heteroatoms. The quantitative estimate of drug-likeness (QED) is 0.408. The van der Waals surface area contributed by atoms with Crippen molar-refractivity contribution >= 4 is 17.6 Å². The molecule has 2 heterocycles. The summed E-state index contributed by atoms with van der Waals surface area (Å²) in [4.78, 5) is 40.5. The molecule has 0 unspecified atom stereocenters. The summed E-state index contributed by atoms with van der Waals surface area (Å²) in [5.74, 6) is -1.02. The Morgan fingerprint density at radius 3 is 2.59 bits per heavy atom. The second kappa shape index (κ2) is 11.9. The molecule has 2 amide bonds. The van der Waals surface area contributed by atoms with Gasteiger partial charge in [0.15, 0.2) is 0 Å². The van der Waals surface area contributed by atoms with Crippen LogP contribution in [0, 0.1) is 12.8 Å². The van der Waals surface area contributed by atoms with Gasteiger partial charge in [0.05, 0.1) is 25.6 Å². The van der Waals surface area contributed by atoms with Crippen LogP contribution in [-0.2, 0) is 22.4 Å². The third kappa shape index (κ3) is 6.89. The highest BCUT2D eigenvalue weighted by atomic mass is 16.4. The highest BCUT2D eigenvalue weighted by Crippen LogP contribution is 2.15. The first-order chi connectivity index (χ1) is 17.8. The van der Waals surface area contributed by atoms with Gasteiger partial charge in [-0.25, -0.2) is 0 Å². The van der Waals surface area contributed by atoms with Crippen LogP contribution in [0.5, 0.6) is 0 Å². The zero-order valence-electron chi connectivity index (χ0n) is 21.4. The molecule has 1 saturated heterocycles. The maximum absolute atomic E-state index is 13.2. The van der Waals surface area contributed by atoms with Gasteiger partial charge in [-0.3, -0.25) is 14.4 Å². The number of ketones is 1. The molecule has 0 radical (unpaired) electrons. The molecule has 2 aromatic carbocycles. The molecular weight excluding hydrogens is 470 g/mol. The summed E-state index contributed by atoms with van der Waals surface area (Å²) in [5.41, 5.74) is 3.20. The number of hydrogen-bond donors (Lipinski definition) is 2. The third-order valence-electron chi connectivity index (χ3n) is 6.43. The van der Waals surface area contributed by atoms with E-state index < -0.39 is 17.7 Å². The number of amides is 2. The number of piperazine rings is 1. The van der Waals surface area contributed by atoms with E-state index in [9.17, 15) is 14.4 Å². The number of rotatable bonds is 10. The smallest absolute Gasteiger partial charge is 0.286 e. The summed E-state index contributed by atoms with van der Waals surface area (Å²) in [5, 5.41) is 13.9. The number of aryl methyl sites for hydroxylation is 1. The maximum atomic E-state index is 13.2. The molecule has 2 N–H and O–H groups in total. The Kier molecular flexibility index (Phi) is 8.45. The molecule has 4 rings (SSSR count). The fourth-order valence-electron chi connectivity index (χ4n) is 4.51. The average molecular weight is 504 g/mol. The van der Waals surface area contributed by atoms with Gasteiger partial charge in [-0.2, -0.15) is 0 Å². The van der Waals surface area contributed by atoms with Crippen LogP contribution in [0.15, 0.2) is 59.0 Å². The number of Topliss-reactive ketones (excluding diaryl/α,β-unsaturated/α-hetero) is 1. The van der Waals surface area contributed by atoms with E-state index in [1.807, 2.05) is 75.4 Å². The minimum Gasteiger partial charge on any atom is -0.418 e. The molecule has 1 aliphatic heterocycles. The minimum absolute atomic E-state index is 0.128. The van der Waals surface area contributed by atoms with E-state index in [4.69, 9.17) is 4.42 Å². The lowest BCUT2D eigenvalue weighted by atomic mass is 9.99. The summed E-state index contributed by atoms with van der Waals surface area (Å²) in [7, 11) is 0. The first-order valence-corrected chi connectivity index (χ1v) is 12.6. The molecule has 9 nitrogen and oxygen atoms in total. The van der Waals surface area contributed by atoms with Crippen LogP contribution in [0.1, 0.15) is 47.1 Å². The molecule has 37 heavy (non-hydrogen) atoms. The van der Waals surface area contributed by atoms with Gasteiger partial charge >= 0.3 is 0 Å². The van der Waals surface area contributed by atoms with Crippen LogP contribution in [0.3, 0.4) is 0 Å². The van der Waals surface area contributed by atoms with Crippen molar-refractivity contribution in [1.82, 2.24) is 25.7 Å². The Hall–Kier alpha value is -3.85. The minimum atomic E-state index is -0.856. The predicted octanol–water partition coefficient (Wildman–Crippen LogP) is 2.34. The Balaban J connectivity index is 1.41. The Morgan fingerprint density at radius 2 is 1.86 bits per heavy atom. The zero-order valence-corrected chi connectivity index (χ0v) is 21.4. The highest BCUT2D eigenvalue weighted by molar-refractivity contribution is 5.99. The van der Waals surface area contributed by atoms with Crippen molar-refractivity contribution in [1.29, 1.82) is 0 Å². The summed E-state index contributed by atoms with van der Waals surface area (Å²) in [6.45, 7) is 6.31. The van der Waals surface area contributed by atoms with Crippen molar-refractivity contribution in [2.75, 3.05) is 19.6 Å². The average Bonchev–Trinajstić information content (AvgIpc) is 3.33. The van der Waals surface area contributed by atoms with Gasteiger partial charge in [0.1, 0.15) is 0 Å². The summed E-state index contributed by atoms with van der Waals surface area (Å²) < 4.78 is 5.66. The van der Waals surface area contributed by atoms with Crippen molar-refractivity contribution in [3.63, 3.8) is 0 Å². The number of nitrogens with zero attached hydrogens (tertiary/aromatic N) is 3. The standard InChI is InChI=1S/C28H33N5O4/c1-18(2)26(27(36)28-32-31-24(37-28)14-21-11-7-8-19(3)12-21)30-23(34)17-33-22(15-29-16-25(33)35)13-20-9-5-4-6-10-20/h4-12,18,22,26,29H,13-17H2,1-3H3,(H,30,34)/t22-,26+/m1/s1. The van der Waals surface area contributed by atoms with E-state index in [-0.39, 0.29) is 36.8 Å². The molecule has 194 valence electrons. The molecule has 0 saturated carbocycles. The summed E-state index contributed by atoms with van der Waals surface area (Å²) in [6, 6.07) is 16.8. The Labute approximate surface area is 216 Å². The lowest BCUT2D eigenvalue weighted by molar-refractivity contribution is -0.139. The van der Waals surface area contributed by atoms with Gasteiger partial charge in [-0.05, 0) is 30.4 Å². The van der Waals surface area contributed by atoms with E-state index >= 15 is 0 Å². The van der Waals surface area contributed by atoms with Gasteiger partial charge in [0.2, 0.25) is 23.5 Å². The van der Waals surface area contributed by atoms with Crippen molar-refractivity contribution in [2.45, 2.75) is 45.7 Å². The second-order valence-corrected chi connectivity index (χ2v) is 9.82. The largest absolute Gasteiger partial charge is 0.418 e. The number of carbonyl (C=O) groups is 3. The van der Waals surface area contributed by atoms with E-state index in [1.165, 1.54) is 0 Å².